The Labute approximate surface area is 189 Å². The van der Waals surface area contributed by atoms with Crippen LogP contribution in [0, 0.1) is 11.3 Å². The first-order valence-electron chi connectivity index (χ1n) is 11.3. The van der Waals surface area contributed by atoms with Gasteiger partial charge in [-0.2, -0.15) is 14.7 Å². The van der Waals surface area contributed by atoms with Gasteiger partial charge in [0.05, 0.1) is 24.2 Å². The van der Waals surface area contributed by atoms with E-state index in [9.17, 15) is 13.7 Å². The lowest BCUT2D eigenvalue weighted by molar-refractivity contribution is -0.0256. The van der Waals surface area contributed by atoms with E-state index in [-0.39, 0.29) is 10.4 Å². The highest BCUT2D eigenvalue weighted by Crippen LogP contribution is 2.42. The van der Waals surface area contributed by atoms with Crippen molar-refractivity contribution in [3.63, 3.8) is 0 Å². The van der Waals surface area contributed by atoms with Crippen LogP contribution in [0.25, 0.3) is 0 Å². The number of benzene rings is 1. The van der Waals surface area contributed by atoms with E-state index in [1.165, 1.54) is 33.4 Å². The Morgan fingerprint density at radius 3 is 2.56 bits per heavy atom. The van der Waals surface area contributed by atoms with E-state index < -0.39 is 10.0 Å². The first kappa shape index (κ1) is 21.6. The Morgan fingerprint density at radius 2 is 1.94 bits per heavy atom. The summed E-state index contributed by atoms with van der Waals surface area (Å²) in [7, 11) is -1.85. The minimum atomic E-state index is -3.56. The average molecular weight is 455 g/mol. The van der Waals surface area contributed by atoms with Gasteiger partial charge in [0.25, 0.3) is 0 Å². The summed E-state index contributed by atoms with van der Waals surface area (Å²) in [5.74, 6) is 0.622. The van der Waals surface area contributed by atoms with E-state index >= 15 is 0 Å². The third-order valence-corrected chi connectivity index (χ3v) is 9.05. The van der Waals surface area contributed by atoms with Crippen molar-refractivity contribution in [1.29, 1.82) is 5.26 Å². The van der Waals surface area contributed by atoms with E-state index in [0.29, 0.717) is 37.5 Å². The van der Waals surface area contributed by atoms with Gasteiger partial charge in [-0.3, -0.25) is 9.58 Å². The van der Waals surface area contributed by atoms with Crippen LogP contribution in [0.2, 0.25) is 0 Å². The zero-order valence-electron chi connectivity index (χ0n) is 18.4. The Hall–Kier alpha value is -2.25. The molecule has 0 unspecified atom stereocenters. The van der Waals surface area contributed by atoms with Gasteiger partial charge < -0.3 is 5.32 Å². The molecule has 3 aliphatic rings. The number of nitrogens with one attached hydrogen (secondary N) is 1. The molecule has 2 saturated heterocycles. The van der Waals surface area contributed by atoms with Gasteiger partial charge in [-0.15, -0.1) is 0 Å². The van der Waals surface area contributed by atoms with Crippen LogP contribution in [0.3, 0.4) is 0 Å². The second-order valence-corrected chi connectivity index (χ2v) is 11.4. The number of piperidine rings is 1. The minimum absolute atomic E-state index is 0.214. The summed E-state index contributed by atoms with van der Waals surface area (Å²) in [4.78, 5) is 2.57. The number of aryl methyl sites for hydroxylation is 1. The number of likely N-dealkylation sites (tertiary alicyclic amines) is 1. The highest BCUT2D eigenvalue weighted by molar-refractivity contribution is 7.89. The summed E-state index contributed by atoms with van der Waals surface area (Å²) in [6, 6.07) is 14.0. The van der Waals surface area contributed by atoms with E-state index in [4.69, 9.17) is 0 Å². The number of hydrogen-bond donors (Lipinski definition) is 1. The molecule has 1 aromatic carbocycles. The quantitative estimate of drug-likeness (QED) is 0.684. The summed E-state index contributed by atoms with van der Waals surface area (Å²) < 4.78 is 28.8. The van der Waals surface area contributed by atoms with Crippen LogP contribution in [0.1, 0.15) is 37.2 Å². The normalized spacial score (nSPS) is 26.4. The number of nitriles is 1. The topological polar surface area (TPSA) is 94.3 Å². The zero-order valence-corrected chi connectivity index (χ0v) is 19.2. The SMILES string of the molecule is Cn1cc(S(=O)(=O)N2CC(CC#N)(N3CCC(N[C@@H]4C[C@H]4c4ccccc4)CC3)C2)cn1. The van der Waals surface area contributed by atoms with Crippen LogP contribution in [0.15, 0.2) is 47.6 Å². The van der Waals surface area contributed by atoms with Crippen molar-refractivity contribution < 1.29 is 8.42 Å². The maximum absolute atomic E-state index is 12.9. The molecule has 0 bridgehead atoms. The molecule has 2 aliphatic heterocycles. The molecule has 0 amide bonds. The summed E-state index contributed by atoms with van der Waals surface area (Å²) in [5.41, 5.74) is 1.04. The first-order valence-corrected chi connectivity index (χ1v) is 12.8. The number of hydrogen-bond acceptors (Lipinski definition) is 6. The predicted octanol–water partition coefficient (Wildman–Crippen LogP) is 1.69. The maximum atomic E-state index is 12.9. The van der Waals surface area contributed by atoms with Crippen molar-refractivity contribution in [3.05, 3.63) is 48.3 Å². The fourth-order valence-electron chi connectivity index (χ4n) is 5.30. The summed E-state index contributed by atoms with van der Waals surface area (Å²) in [6.45, 7) is 2.52. The Balaban J connectivity index is 1.16. The van der Waals surface area contributed by atoms with Gasteiger partial charge in [-0.1, -0.05) is 30.3 Å². The van der Waals surface area contributed by atoms with Crippen molar-refractivity contribution in [1.82, 2.24) is 24.3 Å². The first-order chi connectivity index (χ1) is 15.4. The molecule has 0 radical (unpaired) electrons. The summed E-state index contributed by atoms with van der Waals surface area (Å²) >= 11 is 0. The molecular formula is C23H30N6O2S. The highest BCUT2D eigenvalue weighted by Gasteiger charge is 2.53. The third kappa shape index (κ3) is 3.97. The second-order valence-electron chi connectivity index (χ2n) is 9.47. The van der Waals surface area contributed by atoms with Gasteiger partial charge in [0, 0.05) is 57.4 Å². The van der Waals surface area contributed by atoms with E-state index in [1.54, 1.807) is 7.05 Å². The molecule has 3 fully saturated rings. The van der Waals surface area contributed by atoms with E-state index in [1.807, 2.05) is 0 Å². The standard InChI is InChI=1S/C23H30N6O2S/c1-27-15-20(14-25-27)32(30,31)29-16-23(17-29,9-10-24)28-11-7-19(8-12-28)26-22-13-21(22)18-5-3-2-4-6-18/h2-6,14-15,19,21-22,26H,7-9,11-13,16-17H2,1H3/t21-,22+/m0/s1. The number of nitrogens with zero attached hydrogens (tertiary/aromatic N) is 5. The lowest BCUT2D eigenvalue weighted by Gasteiger charge is -2.55. The van der Waals surface area contributed by atoms with Gasteiger partial charge in [0.2, 0.25) is 10.0 Å². The van der Waals surface area contributed by atoms with E-state index in [0.717, 1.165) is 25.9 Å². The molecule has 8 nitrogen and oxygen atoms in total. The van der Waals surface area contributed by atoms with E-state index in [2.05, 4.69) is 51.7 Å². The molecule has 1 aromatic heterocycles. The smallest absolute Gasteiger partial charge is 0.246 e. The van der Waals surface area contributed by atoms with Crippen LogP contribution in [-0.4, -0.2) is 71.2 Å². The largest absolute Gasteiger partial charge is 0.311 e. The maximum Gasteiger partial charge on any atom is 0.246 e. The number of aromatic nitrogens is 2. The Kier molecular flexibility index (Phi) is 5.58. The molecular weight excluding hydrogens is 424 g/mol. The van der Waals surface area contributed by atoms with Gasteiger partial charge in [0.15, 0.2) is 0 Å². The van der Waals surface area contributed by atoms with Crippen molar-refractivity contribution in [3.8, 4) is 6.07 Å². The minimum Gasteiger partial charge on any atom is -0.311 e. The molecule has 1 aliphatic carbocycles. The van der Waals surface area contributed by atoms with Crippen LogP contribution < -0.4 is 5.32 Å². The van der Waals surface area contributed by atoms with Crippen molar-refractivity contribution >= 4 is 10.0 Å². The molecule has 0 spiro atoms. The van der Waals surface area contributed by atoms with Crippen LogP contribution in [0.5, 0.6) is 0 Å². The molecule has 3 heterocycles. The average Bonchev–Trinajstić information content (AvgIpc) is 3.39. The fraction of sp³-hybridized carbons (Fsp3) is 0.565. The number of sulfonamides is 1. The Morgan fingerprint density at radius 1 is 1.22 bits per heavy atom. The monoisotopic (exact) mass is 454 g/mol. The predicted molar refractivity (Wildman–Crippen MR) is 120 cm³/mol. The lowest BCUT2D eigenvalue weighted by Crippen LogP contribution is -2.72. The van der Waals surface area contributed by atoms with Crippen LogP contribution in [0.4, 0.5) is 0 Å². The fourth-order valence-corrected chi connectivity index (χ4v) is 6.89. The summed E-state index contributed by atoms with van der Waals surface area (Å²) in [6.07, 6.45) is 6.52. The van der Waals surface area contributed by atoms with Crippen LogP contribution in [-0.2, 0) is 17.1 Å². The van der Waals surface area contributed by atoms with Gasteiger partial charge in [-0.05, 0) is 24.8 Å². The Bertz CT molecular complexity index is 1100. The third-order valence-electron chi connectivity index (χ3n) is 7.30. The van der Waals surface area contributed by atoms with Gasteiger partial charge in [-0.25, -0.2) is 8.42 Å². The zero-order chi connectivity index (χ0) is 22.3. The molecule has 9 heteroatoms. The highest BCUT2D eigenvalue weighted by atomic mass is 32.2. The molecule has 170 valence electrons. The van der Waals surface area contributed by atoms with Crippen molar-refractivity contribution in [2.75, 3.05) is 26.2 Å². The molecule has 2 atom stereocenters. The molecule has 1 N–H and O–H groups in total. The van der Waals surface area contributed by atoms with Gasteiger partial charge >= 0.3 is 0 Å². The van der Waals surface area contributed by atoms with Crippen molar-refractivity contribution in [2.45, 2.75) is 54.1 Å². The second kappa shape index (κ2) is 8.27. The molecule has 32 heavy (non-hydrogen) atoms. The van der Waals surface area contributed by atoms with Crippen molar-refractivity contribution in [2.24, 2.45) is 7.05 Å². The lowest BCUT2D eigenvalue weighted by atomic mass is 9.84. The number of rotatable bonds is 7. The molecule has 1 saturated carbocycles. The molecule has 2 aromatic rings. The summed E-state index contributed by atoms with van der Waals surface area (Å²) in [5, 5.41) is 17.3. The van der Waals surface area contributed by atoms with Gasteiger partial charge in [0.1, 0.15) is 4.90 Å². The van der Waals surface area contributed by atoms with Crippen LogP contribution >= 0.6 is 0 Å². The molecule has 5 rings (SSSR count).